The van der Waals surface area contributed by atoms with Gasteiger partial charge in [-0.25, -0.2) is 4.98 Å². The molecular formula is C24H19Cl2N3O2S. The first kappa shape index (κ1) is 21.2. The molecule has 1 aliphatic rings. The first-order chi connectivity index (χ1) is 15.5. The zero-order valence-corrected chi connectivity index (χ0v) is 19.4. The Morgan fingerprint density at radius 2 is 1.91 bits per heavy atom. The van der Waals surface area contributed by atoms with Crippen LogP contribution in [0, 0.1) is 0 Å². The first-order valence-corrected chi connectivity index (χ1v) is 12.0. The molecule has 1 N–H and O–H groups in total. The highest BCUT2D eigenvalue weighted by molar-refractivity contribution is 7.17. The van der Waals surface area contributed by atoms with E-state index in [0.29, 0.717) is 25.9 Å². The molecule has 162 valence electrons. The van der Waals surface area contributed by atoms with Crippen LogP contribution in [0.3, 0.4) is 0 Å². The van der Waals surface area contributed by atoms with Crippen molar-refractivity contribution in [3.8, 4) is 11.1 Å². The molecule has 4 aromatic rings. The van der Waals surface area contributed by atoms with E-state index in [2.05, 4.69) is 28.5 Å². The summed E-state index contributed by atoms with van der Waals surface area (Å²) in [6, 6.07) is 11.3. The molecule has 0 aliphatic heterocycles. The zero-order chi connectivity index (χ0) is 22.2. The van der Waals surface area contributed by atoms with Crippen LogP contribution in [-0.4, -0.2) is 15.5 Å². The monoisotopic (exact) mass is 483 g/mol. The zero-order valence-electron chi connectivity index (χ0n) is 17.0. The Morgan fingerprint density at radius 1 is 1.09 bits per heavy atom. The van der Waals surface area contributed by atoms with Crippen molar-refractivity contribution in [2.24, 2.45) is 0 Å². The Hall–Kier alpha value is -2.67. The van der Waals surface area contributed by atoms with E-state index in [0.717, 1.165) is 24.0 Å². The van der Waals surface area contributed by atoms with E-state index in [1.165, 1.54) is 46.2 Å². The third-order valence-electron chi connectivity index (χ3n) is 5.74. The fourth-order valence-electron chi connectivity index (χ4n) is 4.13. The van der Waals surface area contributed by atoms with Crippen molar-refractivity contribution in [2.45, 2.75) is 32.2 Å². The number of nitrogens with one attached hydrogen (secondary N) is 1. The molecule has 1 amide bonds. The summed E-state index contributed by atoms with van der Waals surface area (Å²) in [6.07, 6.45) is 6.02. The maximum absolute atomic E-state index is 13.3. The molecule has 5 nitrogen and oxygen atoms in total. The topological polar surface area (TPSA) is 64.0 Å². The minimum atomic E-state index is -0.386. The van der Waals surface area contributed by atoms with Crippen LogP contribution >= 0.6 is 34.5 Å². The van der Waals surface area contributed by atoms with Gasteiger partial charge in [0.1, 0.15) is 11.4 Å². The van der Waals surface area contributed by atoms with Gasteiger partial charge in [0.2, 0.25) is 5.91 Å². The van der Waals surface area contributed by atoms with E-state index < -0.39 is 0 Å². The van der Waals surface area contributed by atoms with E-state index >= 15 is 0 Å². The lowest BCUT2D eigenvalue weighted by atomic mass is 9.89. The van der Waals surface area contributed by atoms with Crippen molar-refractivity contribution in [3.05, 3.63) is 79.6 Å². The lowest BCUT2D eigenvalue weighted by Crippen LogP contribution is -2.27. The molecule has 0 fully saturated rings. The van der Waals surface area contributed by atoms with E-state index in [4.69, 9.17) is 23.2 Å². The molecule has 2 aromatic carbocycles. The molecule has 5 rings (SSSR count). The number of carbonyl (C=O) groups excluding carboxylic acids is 1. The van der Waals surface area contributed by atoms with Crippen LogP contribution in [0.25, 0.3) is 21.3 Å². The van der Waals surface area contributed by atoms with Gasteiger partial charge < -0.3 is 5.32 Å². The summed E-state index contributed by atoms with van der Waals surface area (Å²) in [5.41, 5.74) is 4.79. The molecule has 8 heteroatoms. The predicted molar refractivity (Wildman–Crippen MR) is 131 cm³/mol. The Kier molecular flexibility index (Phi) is 5.76. The van der Waals surface area contributed by atoms with Crippen molar-refractivity contribution in [1.82, 2.24) is 9.55 Å². The maximum Gasteiger partial charge on any atom is 0.263 e. The van der Waals surface area contributed by atoms with E-state index in [1.54, 1.807) is 18.2 Å². The number of amides is 1. The van der Waals surface area contributed by atoms with E-state index in [9.17, 15) is 9.59 Å². The molecule has 0 spiro atoms. The van der Waals surface area contributed by atoms with Crippen LogP contribution in [0.4, 0.5) is 5.69 Å². The van der Waals surface area contributed by atoms with Gasteiger partial charge in [-0.15, -0.1) is 11.3 Å². The lowest BCUT2D eigenvalue weighted by Gasteiger charge is -2.16. The van der Waals surface area contributed by atoms with Gasteiger partial charge in [0.25, 0.3) is 5.56 Å². The fourth-order valence-corrected chi connectivity index (χ4v) is 5.37. The van der Waals surface area contributed by atoms with Crippen molar-refractivity contribution in [3.63, 3.8) is 0 Å². The van der Waals surface area contributed by atoms with Crippen LogP contribution in [0.2, 0.25) is 10.0 Å². The highest BCUT2D eigenvalue weighted by Gasteiger charge is 2.17. The number of rotatable bonds is 4. The summed E-state index contributed by atoms with van der Waals surface area (Å²) in [7, 11) is 0. The summed E-state index contributed by atoms with van der Waals surface area (Å²) in [5, 5.41) is 6.05. The number of hydrogen-bond acceptors (Lipinski definition) is 4. The summed E-state index contributed by atoms with van der Waals surface area (Å²) in [6.45, 7) is -0.176. The lowest BCUT2D eigenvalue weighted by molar-refractivity contribution is -0.116. The second-order valence-electron chi connectivity index (χ2n) is 7.87. The number of anilines is 1. The Balaban J connectivity index is 1.47. The van der Waals surface area contributed by atoms with Crippen LogP contribution in [0.5, 0.6) is 0 Å². The average Bonchev–Trinajstić information content (AvgIpc) is 3.23. The number of thiophene rings is 1. The Morgan fingerprint density at radius 3 is 2.75 bits per heavy atom. The van der Waals surface area contributed by atoms with Crippen LogP contribution < -0.4 is 10.9 Å². The number of aryl methyl sites for hydroxylation is 2. The molecule has 2 heterocycles. The number of benzene rings is 2. The average molecular weight is 484 g/mol. The Bertz CT molecular complexity index is 1410. The Labute approximate surface area is 198 Å². The molecule has 0 radical (unpaired) electrons. The van der Waals surface area contributed by atoms with Crippen molar-refractivity contribution in [1.29, 1.82) is 0 Å². The number of halogens is 2. The second-order valence-corrected chi connectivity index (χ2v) is 9.57. The third kappa shape index (κ3) is 4.06. The maximum atomic E-state index is 13.3. The number of fused-ring (bicyclic) bond motifs is 2. The van der Waals surface area contributed by atoms with E-state index in [-0.39, 0.29) is 18.0 Å². The minimum Gasteiger partial charge on any atom is -0.323 e. The van der Waals surface area contributed by atoms with Crippen LogP contribution in [0.1, 0.15) is 24.0 Å². The van der Waals surface area contributed by atoms with Gasteiger partial charge in [0.15, 0.2) is 0 Å². The van der Waals surface area contributed by atoms with Crippen molar-refractivity contribution < 1.29 is 4.79 Å². The molecule has 1 aliphatic carbocycles. The van der Waals surface area contributed by atoms with Gasteiger partial charge in [-0.2, -0.15) is 0 Å². The molecule has 32 heavy (non-hydrogen) atoms. The van der Waals surface area contributed by atoms with E-state index in [1.807, 2.05) is 5.38 Å². The standard InChI is InChI=1S/C24H19Cl2N3O2S/c25-17-7-8-19(26)20(10-17)28-21(30)11-29-13-27-23-22(24(29)31)18(12-32-23)16-6-5-14-3-1-2-4-15(14)9-16/h5-10,12-13H,1-4,11H2,(H,28,30). The van der Waals surface area contributed by atoms with Crippen molar-refractivity contribution in [2.75, 3.05) is 5.32 Å². The molecule has 0 atom stereocenters. The molecule has 0 unspecified atom stereocenters. The van der Waals surface area contributed by atoms with Gasteiger partial charge >= 0.3 is 0 Å². The summed E-state index contributed by atoms with van der Waals surface area (Å²) in [4.78, 5) is 31.0. The minimum absolute atomic E-state index is 0.176. The number of aromatic nitrogens is 2. The first-order valence-electron chi connectivity index (χ1n) is 10.3. The highest BCUT2D eigenvalue weighted by atomic mass is 35.5. The quantitative estimate of drug-likeness (QED) is 0.390. The number of carbonyl (C=O) groups is 1. The van der Waals surface area contributed by atoms with Crippen LogP contribution in [-0.2, 0) is 24.2 Å². The molecule has 0 saturated carbocycles. The van der Waals surface area contributed by atoms with Gasteiger partial charge in [-0.1, -0.05) is 41.4 Å². The number of hydrogen-bond donors (Lipinski definition) is 1. The summed E-state index contributed by atoms with van der Waals surface area (Å²) < 4.78 is 1.32. The smallest absolute Gasteiger partial charge is 0.263 e. The predicted octanol–water partition coefficient (Wildman–Crippen LogP) is 5.95. The second kappa shape index (κ2) is 8.70. The SMILES string of the molecule is O=C(Cn1cnc2scc(-c3ccc4c(c3)CCCC4)c2c1=O)Nc1cc(Cl)ccc1Cl. The van der Waals surface area contributed by atoms with Crippen molar-refractivity contribution >= 4 is 56.3 Å². The molecule has 2 aromatic heterocycles. The highest BCUT2D eigenvalue weighted by Crippen LogP contribution is 2.33. The van der Waals surface area contributed by atoms with Gasteiger partial charge in [0, 0.05) is 16.0 Å². The third-order valence-corrected chi connectivity index (χ3v) is 7.19. The molecule has 0 bridgehead atoms. The number of nitrogens with zero attached hydrogens (tertiary/aromatic N) is 2. The van der Waals surface area contributed by atoms with Gasteiger partial charge in [-0.3, -0.25) is 14.2 Å². The van der Waals surface area contributed by atoms with Gasteiger partial charge in [0.05, 0.1) is 22.4 Å². The molecule has 0 saturated heterocycles. The van der Waals surface area contributed by atoms with Gasteiger partial charge in [-0.05, 0) is 60.6 Å². The summed E-state index contributed by atoms with van der Waals surface area (Å²) >= 11 is 13.5. The largest absolute Gasteiger partial charge is 0.323 e. The normalized spacial score (nSPS) is 13.2. The van der Waals surface area contributed by atoms with Crippen LogP contribution in [0.15, 0.2) is 52.9 Å². The summed E-state index contributed by atoms with van der Waals surface area (Å²) in [5.74, 6) is -0.386. The fraction of sp³-hybridized carbons (Fsp3) is 0.208. The molecular weight excluding hydrogens is 465 g/mol.